The molecule has 0 atom stereocenters. The smallest absolute Gasteiger partial charge is 0.00103 e. The molecule has 0 radical (unpaired) electrons. The third-order valence-corrected chi connectivity index (χ3v) is 2.54. The van der Waals surface area contributed by atoms with Crippen molar-refractivity contribution in [3.05, 3.63) is 0 Å². The van der Waals surface area contributed by atoms with Crippen LogP contribution >= 0.6 is 0 Å². The Morgan fingerprint density at radius 2 is 1.19 bits per heavy atom. The Bertz CT molecular complexity index is 130. The fourth-order valence-electron chi connectivity index (χ4n) is 1.59. The van der Waals surface area contributed by atoms with Crippen molar-refractivity contribution in [1.82, 2.24) is 15.5 Å². The first kappa shape index (κ1) is 15.9. The Labute approximate surface area is 102 Å². The van der Waals surface area contributed by atoms with Gasteiger partial charge in [-0.25, -0.2) is 0 Å². The van der Waals surface area contributed by atoms with Crippen molar-refractivity contribution in [3.63, 3.8) is 0 Å². The number of hydrogen-bond donors (Lipinski definition) is 2. The summed E-state index contributed by atoms with van der Waals surface area (Å²) in [6.07, 6.45) is 2.48. The molecule has 0 rings (SSSR count). The molecule has 0 bridgehead atoms. The van der Waals surface area contributed by atoms with Crippen LogP contribution in [0.15, 0.2) is 0 Å². The van der Waals surface area contributed by atoms with Crippen LogP contribution < -0.4 is 10.6 Å². The van der Waals surface area contributed by atoms with E-state index in [1.165, 1.54) is 25.9 Å². The average molecular weight is 229 g/mol. The molecule has 0 saturated carbocycles. The standard InChI is InChI=1S/C13H31N3/c1-12(2)14-8-6-10-16(5)11-7-9-15-13(3)4/h12-15H,6-11H2,1-5H3. The second kappa shape index (κ2) is 10.1. The topological polar surface area (TPSA) is 27.3 Å². The van der Waals surface area contributed by atoms with Crippen LogP contribution in [0.1, 0.15) is 40.5 Å². The second-order valence-electron chi connectivity index (χ2n) is 5.23. The summed E-state index contributed by atoms with van der Waals surface area (Å²) in [7, 11) is 2.21. The SMILES string of the molecule is CC(C)NCCCN(C)CCCNC(C)C. The lowest BCUT2D eigenvalue weighted by molar-refractivity contribution is 0.317. The summed E-state index contributed by atoms with van der Waals surface area (Å²) in [5.74, 6) is 0. The fraction of sp³-hybridized carbons (Fsp3) is 1.00. The molecule has 0 unspecified atom stereocenters. The van der Waals surface area contributed by atoms with Crippen LogP contribution in [0.3, 0.4) is 0 Å². The van der Waals surface area contributed by atoms with Crippen molar-refractivity contribution < 1.29 is 0 Å². The van der Waals surface area contributed by atoms with Gasteiger partial charge >= 0.3 is 0 Å². The first-order valence-corrected chi connectivity index (χ1v) is 6.67. The van der Waals surface area contributed by atoms with Crippen LogP contribution in [0.25, 0.3) is 0 Å². The molecule has 0 heterocycles. The van der Waals surface area contributed by atoms with E-state index in [9.17, 15) is 0 Å². The maximum Gasteiger partial charge on any atom is 0.00103 e. The van der Waals surface area contributed by atoms with E-state index in [1.54, 1.807) is 0 Å². The minimum absolute atomic E-state index is 0.612. The number of nitrogens with zero attached hydrogens (tertiary/aromatic N) is 1. The van der Waals surface area contributed by atoms with Crippen molar-refractivity contribution in [2.24, 2.45) is 0 Å². The Balaban J connectivity index is 3.21. The van der Waals surface area contributed by atoms with Crippen LogP contribution in [-0.2, 0) is 0 Å². The molecule has 0 aromatic rings. The minimum Gasteiger partial charge on any atom is -0.314 e. The van der Waals surface area contributed by atoms with E-state index in [0.717, 1.165) is 13.1 Å². The molecule has 16 heavy (non-hydrogen) atoms. The van der Waals surface area contributed by atoms with Gasteiger partial charge in [0.25, 0.3) is 0 Å². The molecule has 0 aromatic carbocycles. The molecule has 0 spiro atoms. The van der Waals surface area contributed by atoms with E-state index in [1.807, 2.05) is 0 Å². The van der Waals surface area contributed by atoms with Crippen LogP contribution in [0.2, 0.25) is 0 Å². The lowest BCUT2D eigenvalue weighted by atomic mass is 10.3. The maximum absolute atomic E-state index is 3.44. The lowest BCUT2D eigenvalue weighted by Gasteiger charge is -2.17. The second-order valence-corrected chi connectivity index (χ2v) is 5.23. The molecule has 0 aliphatic rings. The summed E-state index contributed by atoms with van der Waals surface area (Å²) in [6, 6.07) is 1.22. The molecular formula is C13H31N3. The Hall–Kier alpha value is -0.120. The largest absolute Gasteiger partial charge is 0.314 e. The van der Waals surface area contributed by atoms with E-state index in [2.05, 4.69) is 50.3 Å². The van der Waals surface area contributed by atoms with E-state index in [0.29, 0.717) is 12.1 Å². The summed E-state index contributed by atoms with van der Waals surface area (Å²) < 4.78 is 0. The summed E-state index contributed by atoms with van der Waals surface area (Å²) in [5.41, 5.74) is 0. The Kier molecular flexibility index (Phi) is 9.99. The summed E-state index contributed by atoms with van der Waals surface area (Å²) in [6.45, 7) is 13.4. The molecule has 3 heteroatoms. The van der Waals surface area contributed by atoms with Gasteiger partial charge in [0, 0.05) is 12.1 Å². The predicted molar refractivity (Wildman–Crippen MR) is 73.0 cm³/mol. The van der Waals surface area contributed by atoms with Gasteiger partial charge in [-0.05, 0) is 46.1 Å². The van der Waals surface area contributed by atoms with Gasteiger partial charge in [-0.2, -0.15) is 0 Å². The molecule has 0 aliphatic carbocycles. The van der Waals surface area contributed by atoms with Crippen molar-refractivity contribution >= 4 is 0 Å². The quantitative estimate of drug-likeness (QED) is 0.558. The third kappa shape index (κ3) is 12.0. The molecule has 0 aliphatic heterocycles. The molecule has 0 fully saturated rings. The first-order chi connectivity index (χ1) is 7.52. The van der Waals surface area contributed by atoms with E-state index >= 15 is 0 Å². The van der Waals surface area contributed by atoms with Gasteiger partial charge in [0.1, 0.15) is 0 Å². The summed E-state index contributed by atoms with van der Waals surface area (Å²) in [4.78, 5) is 2.42. The average Bonchev–Trinajstić information content (AvgIpc) is 2.19. The van der Waals surface area contributed by atoms with Gasteiger partial charge in [-0.3, -0.25) is 0 Å². The normalized spacial score (nSPS) is 12.0. The van der Waals surface area contributed by atoms with Crippen molar-refractivity contribution in [2.75, 3.05) is 33.2 Å². The summed E-state index contributed by atoms with van der Waals surface area (Å²) in [5, 5.41) is 6.89. The highest BCUT2D eigenvalue weighted by Gasteiger charge is 1.99. The molecule has 0 amide bonds. The van der Waals surface area contributed by atoms with Gasteiger partial charge < -0.3 is 15.5 Å². The summed E-state index contributed by atoms with van der Waals surface area (Å²) >= 11 is 0. The van der Waals surface area contributed by atoms with Crippen LogP contribution in [0.4, 0.5) is 0 Å². The van der Waals surface area contributed by atoms with Gasteiger partial charge in [-0.1, -0.05) is 27.7 Å². The van der Waals surface area contributed by atoms with Crippen molar-refractivity contribution in [1.29, 1.82) is 0 Å². The van der Waals surface area contributed by atoms with Crippen molar-refractivity contribution in [3.8, 4) is 0 Å². The number of hydrogen-bond acceptors (Lipinski definition) is 3. The van der Waals surface area contributed by atoms with Crippen LogP contribution in [0, 0.1) is 0 Å². The van der Waals surface area contributed by atoms with Gasteiger partial charge in [0.05, 0.1) is 0 Å². The number of nitrogens with one attached hydrogen (secondary N) is 2. The fourth-order valence-corrected chi connectivity index (χ4v) is 1.59. The zero-order valence-electron chi connectivity index (χ0n) is 11.8. The zero-order chi connectivity index (χ0) is 12.4. The van der Waals surface area contributed by atoms with Crippen molar-refractivity contribution in [2.45, 2.75) is 52.6 Å². The Morgan fingerprint density at radius 3 is 1.50 bits per heavy atom. The minimum atomic E-state index is 0.612. The molecule has 0 saturated heterocycles. The molecule has 3 nitrogen and oxygen atoms in total. The molecular weight excluding hydrogens is 198 g/mol. The zero-order valence-corrected chi connectivity index (χ0v) is 11.8. The molecule has 0 aromatic heterocycles. The van der Waals surface area contributed by atoms with E-state index < -0.39 is 0 Å². The maximum atomic E-state index is 3.44. The Morgan fingerprint density at radius 1 is 0.812 bits per heavy atom. The monoisotopic (exact) mass is 229 g/mol. The third-order valence-electron chi connectivity index (χ3n) is 2.54. The van der Waals surface area contributed by atoms with E-state index in [-0.39, 0.29) is 0 Å². The highest BCUT2D eigenvalue weighted by atomic mass is 15.1. The molecule has 98 valence electrons. The van der Waals surface area contributed by atoms with Crippen LogP contribution in [0.5, 0.6) is 0 Å². The highest BCUT2D eigenvalue weighted by Crippen LogP contribution is 1.90. The van der Waals surface area contributed by atoms with Gasteiger partial charge in [0.2, 0.25) is 0 Å². The van der Waals surface area contributed by atoms with Gasteiger partial charge in [-0.15, -0.1) is 0 Å². The lowest BCUT2D eigenvalue weighted by Crippen LogP contribution is -2.30. The molecule has 2 N–H and O–H groups in total. The van der Waals surface area contributed by atoms with Gasteiger partial charge in [0.15, 0.2) is 0 Å². The first-order valence-electron chi connectivity index (χ1n) is 6.67. The predicted octanol–water partition coefficient (Wildman–Crippen LogP) is 1.69. The van der Waals surface area contributed by atoms with Crippen LogP contribution in [-0.4, -0.2) is 50.2 Å². The highest BCUT2D eigenvalue weighted by molar-refractivity contribution is 4.59. The van der Waals surface area contributed by atoms with E-state index in [4.69, 9.17) is 0 Å². The number of rotatable bonds is 10.